The molecule has 2 amide bonds. The number of amides is 2. The van der Waals surface area contributed by atoms with Crippen molar-refractivity contribution in [1.29, 1.82) is 0 Å². The van der Waals surface area contributed by atoms with E-state index in [1.165, 1.54) is 18.2 Å². The first kappa shape index (κ1) is 21.4. The van der Waals surface area contributed by atoms with Crippen molar-refractivity contribution in [1.82, 2.24) is 10.2 Å². The Morgan fingerprint density at radius 1 is 1.33 bits per heavy atom. The number of rotatable bonds is 5. The molecule has 150 valence electrons. The summed E-state index contributed by atoms with van der Waals surface area (Å²) < 4.78 is 19.0. The zero-order valence-corrected chi connectivity index (χ0v) is 16.7. The van der Waals surface area contributed by atoms with Gasteiger partial charge in [0.05, 0.1) is 12.2 Å². The minimum absolute atomic E-state index is 0.0289. The second-order valence-corrected chi connectivity index (χ2v) is 8.11. The molecule has 1 heterocycles. The van der Waals surface area contributed by atoms with Crippen LogP contribution in [0.25, 0.3) is 0 Å². The van der Waals surface area contributed by atoms with E-state index in [9.17, 15) is 14.0 Å². The maximum atomic E-state index is 13.8. The van der Waals surface area contributed by atoms with Gasteiger partial charge in [-0.1, -0.05) is 18.0 Å². The molecule has 1 aromatic rings. The van der Waals surface area contributed by atoms with Gasteiger partial charge in [0, 0.05) is 17.6 Å². The Hall–Kier alpha value is -1.86. The molecule has 1 unspecified atom stereocenters. The van der Waals surface area contributed by atoms with E-state index in [1.807, 2.05) is 4.90 Å². The Morgan fingerprint density at radius 3 is 2.78 bits per heavy atom. The predicted molar refractivity (Wildman–Crippen MR) is 103 cm³/mol. The van der Waals surface area contributed by atoms with Crippen molar-refractivity contribution in [2.75, 3.05) is 25.0 Å². The standard InChI is InChI=1S/C19H27ClFN3O3/c1-19(2,3)27-18(26)22-11-14-6-4-5-9-24(14)12-17(25)23-16-10-13(20)7-8-15(16)21/h7-8,10,14H,4-6,9,11-12H2,1-3H3,(H,22,26)(H,23,25). The fourth-order valence-corrected chi connectivity index (χ4v) is 3.15. The molecule has 0 saturated carbocycles. The average molecular weight is 400 g/mol. The summed E-state index contributed by atoms with van der Waals surface area (Å²) in [5, 5.41) is 5.68. The molecule has 0 aromatic heterocycles. The van der Waals surface area contributed by atoms with Crippen LogP contribution in [0.5, 0.6) is 0 Å². The summed E-state index contributed by atoms with van der Waals surface area (Å²) in [5.41, 5.74) is -0.495. The van der Waals surface area contributed by atoms with Crippen LogP contribution in [0, 0.1) is 5.82 Å². The van der Waals surface area contributed by atoms with E-state index in [1.54, 1.807) is 20.8 Å². The van der Waals surface area contributed by atoms with E-state index in [0.29, 0.717) is 11.6 Å². The fourth-order valence-electron chi connectivity index (χ4n) is 2.98. The second-order valence-electron chi connectivity index (χ2n) is 7.68. The van der Waals surface area contributed by atoms with Crippen molar-refractivity contribution in [3.05, 3.63) is 29.0 Å². The van der Waals surface area contributed by atoms with Crippen LogP contribution in [0.2, 0.25) is 5.02 Å². The molecule has 2 rings (SSSR count). The summed E-state index contributed by atoms with van der Waals surface area (Å²) in [6.45, 7) is 6.67. The summed E-state index contributed by atoms with van der Waals surface area (Å²) in [6, 6.07) is 4.05. The van der Waals surface area contributed by atoms with Crippen molar-refractivity contribution < 1.29 is 18.7 Å². The highest BCUT2D eigenvalue weighted by molar-refractivity contribution is 6.30. The third-order valence-corrected chi connectivity index (χ3v) is 4.41. The Kier molecular flexibility index (Phi) is 7.44. The van der Waals surface area contributed by atoms with Gasteiger partial charge in [0.1, 0.15) is 11.4 Å². The first-order valence-corrected chi connectivity index (χ1v) is 9.47. The van der Waals surface area contributed by atoms with Crippen LogP contribution in [-0.2, 0) is 9.53 Å². The summed E-state index contributed by atoms with van der Waals surface area (Å²) in [6.07, 6.45) is 2.40. The molecule has 8 heteroatoms. The molecule has 1 aromatic carbocycles. The van der Waals surface area contributed by atoms with E-state index in [2.05, 4.69) is 10.6 Å². The number of ether oxygens (including phenoxy) is 1. The number of alkyl carbamates (subject to hydrolysis) is 1. The number of halogens is 2. The number of anilines is 1. The third-order valence-electron chi connectivity index (χ3n) is 4.18. The quantitative estimate of drug-likeness (QED) is 0.790. The number of likely N-dealkylation sites (tertiary alicyclic amines) is 1. The molecule has 1 aliphatic rings. The predicted octanol–water partition coefficient (Wildman–Crippen LogP) is 3.80. The number of benzene rings is 1. The number of piperidine rings is 1. The summed E-state index contributed by atoms with van der Waals surface area (Å²) in [4.78, 5) is 26.2. The lowest BCUT2D eigenvalue weighted by Gasteiger charge is -2.35. The molecule has 0 radical (unpaired) electrons. The van der Waals surface area contributed by atoms with Crippen LogP contribution >= 0.6 is 11.6 Å². The van der Waals surface area contributed by atoms with Gasteiger partial charge in [-0.2, -0.15) is 0 Å². The molecular weight excluding hydrogens is 373 g/mol. The topological polar surface area (TPSA) is 70.7 Å². The average Bonchev–Trinajstić information content (AvgIpc) is 2.56. The lowest BCUT2D eigenvalue weighted by Crippen LogP contribution is -2.49. The van der Waals surface area contributed by atoms with Crippen molar-refractivity contribution in [3.63, 3.8) is 0 Å². The molecule has 0 spiro atoms. The maximum Gasteiger partial charge on any atom is 0.407 e. The van der Waals surface area contributed by atoms with Gasteiger partial charge in [0.2, 0.25) is 5.91 Å². The molecular formula is C19H27ClFN3O3. The van der Waals surface area contributed by atoms with E-state index in [0.717, 1.165) is 25.8 Å². The lowest BCUT2D eigenvalue weighted by atomic mass is 10.0. The first-order valence-electron chi connectivity index (χ1n) is 9.10. The number of nitrogens with zero attached hydrogens (tertiary/aromatic N) is 1. The van der Waals surface area contributed by atoms with E-state index in [-0.39, 0.29) is 24.2 Å². The van der Waals surface area contributed by atoms with Crippen molar-refractivity contribution >= 4 is 29.3 Å². The molecule has 1 aliphatic heterocycles. The molecule has 0 aliphatic carbocycles. The summed E-state index contributed by atoms with van der Waals surface area (Å²) in [7, 11) is 0. The van der Waals surface area contributed by atoms with E-state index < -0.39 is 17.5 Å². The summed E-state index contributed by atoms with van der Waals surface area (Å²) >= 11 is 5.85. The maximum absolute atomic E-state index is 13.8. The van der Waals surface area contributed by atoms with Gasteiger partial charge in [0.15, 0.2) is 0 Å². The summed E-state index contributed by atoms with van der Waals surface area (Å²) in [5.74, 6) is -0.852. The Balaban J connectivity index is 1.89. The Labute approximate surface area is 164 Å². The van der Waals surface area contributed by atoms with Gasteiger partial charge in [-0.25, -0.2) is 9.18 Å². The van der Waals surface area contributed by atoms with Gasteiger partial charge in [-0.15, -0.1) is 0 Å². The Morgan fingerprint density at radius 2 is 2.07 bits per heavy atom. The minimum Gasteiger partial charge on any atom is -0.444 e. The van der Waals surface area contributed by atoms with Crippen molar-refractivity contribution in [2.24, 2.45) is 0 Å². The largest absolute Gasteiger partial charge is 0.444 e. The van der Waals surface area contributed by atoms with Gasteiger partial charge < -0.3 is 15.4 Å². The van der Waals surface area contributed by atoms with Gasteiger partial charge in [-0.05, 0) is 58.4 Å². The number of nitrogens with one attached hydrogen (secondary N) is 2. The van der Waals surface area contributed by atoms with Crippen LogP contribution in [0.15, 0.2) is 18.2 Å². The van der Waals surface area contributed by atoms with E-state index >= 15 is 0 Å². The molecule has 1 atom stereocenters. The van der Waals surface area contributed by atoms with Crippen LogP contribution in [0.1, 0.15) is 40.0 Å². The lowest BCUT2D eigenvalue weighted by molar-refractivity contribution is -0.118. The molecule has 6 nitrogen and oxygen atoms in total. The smallest absolute Gasteiger partial charge is 0.407 e. The van der Waals surface area contributed by atoms with Crippen molar-refractivity contribution in [3.8, 4) is 0 Å². The first-order chi connectivity index (χ1) is 12.6. The number of carbonyl (C=O) groups is 2. The molecule has 1 saturated heterocycles. The van der Waals surface area contributed by atoms with Gasteiger partial charge in [-0.3, -0.25) is 9.69 Å². The third kappa shape index (κ3) is 7.34. The fraction of sp³-hybridized carbons (Fsp3) is 0.579. The monoisotopic (exact) mass is 399 g/mol. The second kappa shape index (κ2) is 9.37. The Bertz CT molecular complexity index is 679. The van der Waals surface area contributed by atoms with Gasteiger partial charge in [0.25, 0.3) is 0 Å². The molecule has 2 N–H and O–H groups in total. The zero-order chi connectivity index (χ0) is 20.0. The highest BCUT2D eigenvalue weighted by Crippen LogP contribution is 2.20. The number of carbonyl (C=O) groups excluding carboxylic acids is 2. The molecule has 27 heavy (non-hydrogen) atoms. The van der Waals surface area contributed by atoms with E-state index in [4.69, 9.17) is 16.3 Å². The van der Waals surface area contributed by atoms with Crippen LogP contribution in [0.4, 0.5) is 14.9 Å². The highest BCUT2D eigenvalue weighted by Gasteiger charge is 2.26. The van der Waals surface area contributed by atoms with Crippen molar-refractivity contribution in [2.45, 2.75) is 51.7 Å². The van der Waals surface area contributed by atoms with Crippen LogP contribution in [0.3, 0.4) is 0 Å². The normalized spacial score (nSPS) is 18.0. The molecule has 0 bridgehead atoms. The number of hydrogen-bond donors (Lipinski definition) is 2. The zero-order valence-electron chi connectivity index (χ0n) is 16.0. The van der Waals surface area contributed by atoms with Crippen LogP contribution < -0.4 is 10.6 Å². The SMILES string of the molecule is CC(C)(C)OC(=O)NCC1CCCCN1CC(=O)Nc1cc(Cl)ccc1F. The molecule has 1 fully saturated rings. The minimum atomic E-state index is -0.558. The van der Waals surface area contributed by atoms with Gasteiger partial charge >= 0.3 is 6.09 Å². The highest BCUT2D eigenvalue weighted by atomic mass is 35.5. The van der Waals surface area contributed by atoms with Crippen LogP contribution in [-0.4, -0.2) is 48.2 Å². The number of hydrogen-bond acceptors (Lipinski definition) is 4.